The van der Waals surface area contributed by atoms with Gasteiger partial charge in [-0.2, -0.15) is 0 Å². The monoisotopic (exact) mass is 320 g/mol. The van der Waals surface area contributed by atoms with Gasteiger partial charge in [-0.3, -0.25) is 14.4 Å². The van der Waals surface area contributed by atoms with E-state index in [4.69, 9.17) is 5.73 Å². The number of nitrogens with zero attached hydrogens (tertiary/aromatic N) is 1. The summed E-state index contributed by atoms with van der Waals surface area (Å²) in [4.78, 5) is 37.0. The number of carbonyl (C=O) groups excluding carboxylic acids is 3. The van der Waals surface area contributed by atoms with Crippen molar-refractivity contribution in [3.8, 4) is 0 Å². The average molecular weight is 320 g/mol. The van der Waals surface area contributed by atoms with Crippen LogP contribution < -0.4 is 5.73 Å². The second-order valence-electron chi connectivity index (χ2n) is 5.36. The summed E-state index contributed by atoms with van der Waals surface area (Å²) in [5.41, 5.74) is 5.97. The van der Waals surface area contributed by atoms with Crippen molar-refractivity contribution < 1.29 is 14.4 Å². The van der Waals surface area contributed by atoms with Gasteiger partial charge in [-0.25, -0.2) is 0 Å². The number of amides is 2. The molecule has 6 heteroatoms. The predicted octanol–water partition coefficient (Wildman–Crippen LogP) is 1.33. The van der Waals surface area contributed by atoms with E-state index in [1.54, 1.807) is 17.0 Å². The minimum atomic E-state index is -0.343. The molecule has 0 bridgehead atoms. The van der Waals surface area contributed by atoms with Crippen molar-refractivity contribution in [1.82, 2.24) is 4.90 Å². The molecule has 2 rings (SSSR count). The maximum Gasteiger partial charge on any atom is 0.232 e. The summed E-state index contributed by atoms with van der Waals surface area (Å²) >= 11 is 1.31. The number of hydrogen-bond acceptors (Lipinski definition) is 4. The van der Waals surface area contributed by atoms with Gasteiger partial charge in [0.2, 0.25) is 11.8 Å². The molecule has 0 radical (unpaired) electrons. The molecule has 1 heterocycles. The number of hydrogen-bond donors (Lipinski definition) is 1. The number of nitrogens with two attached hydrogens (primary N) is 1. The molecule has 1 fully saturated rings. The first-order valence-corrected chi connectivity index (χ1v) is 8.46. The maximum atomic E-state index is 12.1. The lowest BCUT2D eigenvalue weighted by Gasteiger charge is -2.31. The number of likely N-dealkylation sites (tertiary alicyclic amines) is 1. The van der Waals surface area contributed by atoms with Crippen LogP contribution in [0.2, 0.25) is 0 Å². The summed E-state index contributed by atoms with van der Waals surface area (Å²) in [6.07, 6.45) is 1.55. The molecule has 0 unspecified atom stereocenters. The van der Waals surface area contributed by atoms with Crippen molar-refractivity contribution in [1.29, 1.82) is 0 Å². The fourth-order valence-corrected chi connectivity index (χ4v) is 3.28. The Morgan fingerprint density at radius 1 is 1.18 bits per heavy atom. The normalized spacial score (nSPS) is 18.0. The van der Waals surface area contributed by atoms with Gasteiger partial charge in [-0.05, 0) is 12.8 Å². The number of primary amides is 1. The third kappa shape index (κ3) is 4.59. The Kier molecular flexibility index (Phi) is 6.00. The molecule has 1 aliphatic heterocycles. The van der Waals surface area contributed by atoms with Crippen LogP contribution >= 0.6 is 11.8 Å². The van der Waals surface area contributed by atoms with Crippen molar-refractivity contribution in [3.05, 3.63) is 35.9 Å². The van der Waals surface area contributed by atoms with Gasteiger partial charge < -0.3 is 10.6 Å². The third-order valence-electron chi connectivity index (χ3n) is 3.73. The fourth-order valence-electron chi connectivity index (χ4n) is 2.47. The van der Waals surface area contributed by atoms with Gasteiger partial charge in [-0.15, -0.1) is 11.8 Å². The molecule has 0 aliphatic carbocycles. The molecule has 118 valence electrons. The zero-order valence-corrected chi connectivity index (χ0v) is 13.2. The summed E-state index contributed by atoms with van der Waals surface area (Å²) < 4.78 is 0. The Balaban J connectivity index is 1.76. The molecule has 5 nitrogen and oxygen atoms in total. The smallest absolute Gasteiger partial charge is 0.232 e. The van der Waals surface area contributed by atoms with Crippen molar-refractivity contribution >= 4 is 29.4 Å². The van der Waals surface area contributed by atoms with Crippen LogP contribution in [-0.2, 0) is 9.59 Å². The van der Waals surface area contributed by atoms with E-state index >= 15 is 0 Å². The number of benzene rings is 1. The number of carbonyl (C=O) groups is 3. The summed E-state index contributed by atoms with van der Waals surface area (Å²) in [5, 5.41) is 0. The van der Waals surface area contributed by atoms with E-state index < -0.39 is 0 Å². The highest BCUT2D eigenvalue weighted by Crippen LogP contribution is 2.17. The quantitative estimate of drug-likeness (QED) is 0.802. The lowest BCUT2D eigenvalue weighted by atomic mass is 9.97. The van der Waals surface area contributed by atoms with Crippen molar-refractivity contribution in [2.24, 2.45) is 11.7 Å². The van der Waals surface area contributed by atoms with E-state index in [1.165, 1.54) is 11.8 Å². The van der Waals surface area contributed by atoms with E-state index in [0.717, 1.165) is 12.8 Å². The molecule has 1 saturated heterocycles. The van der Waals surface area contributed by atoms with Crippen LogP contribution in [0.1, 0.15) is 23.2 Å². The van der Waals surface area contributed by atoms with Crippen LogP contribution in [0.4, 0.5) is 0 Å². The van der Waals surface area contributed by atoms with Crippen molar-refractivity contribution in [3.63, 3.8) is 0 Å². The third-order valence-corrected chi connectivity index (χ3v) is 4.65. The molecule has 2 amide bonds. The summed E-state index contributed by atoms with van der Waals surface area (Å²) in [5.74, 6) is -0.0608. The molecule has 0 aromatic heterocycles. The minimum absolute atomic E-state index is 0.0204. The fraction of sp³-hybridized carbons (Fsp3) is 0.438. The Morgan fingerprint density at radius 2 is 1.91 bits per heavy atom. The Morgan fingerprint density at radius 3 is 2.59 bits per heavy atom. The molecular formula is C16H20N2O3S. The van der Waals surface area contributed by atoms with Crippen LogP contribution in [0.25, 0.3) is 0 Å². The van der Waals surface area contributed by atoms with Gasteiger partial charge in [0.15, 0.2) is 5.78 Å². The summed E-state index contributed by atoms with van der Waals surface area (Å²) in [6.45, 7) is 1.07. The van der Waals surface area contributed by atoms with Gasteiger partial charge >= 0.3 is 0 Å². The minimum Gasteiger partial charge on any atom is -0.369 e. The zero-order chi connectivity index (χ0) is 15.9. The Bertz CT molecular complexity index is 548. The number of ketones is 1. The first kappa shape index (κ1) is 16.5. The highest BCUT2D eigenvalue weighted by Gasteiger charge is 2.26. The second kappa shape index (κ2) is 7.98. The topological polar surface area (TPSA) is 80.5 Å². The van der Waals surface area contributed by atoms with E-state index in [0.29, 0.717) is 18.7 Å². The van der Waals surface area contributed by atoms with E-state index in [9.17, 15) is 14.4 Å². The standard InChI is InChI=1S/C16H20N2O3S/c17-16(21)13-7-4-8-18(9-13)15(20)11-22-10-14(19)12-5-2-1-3-6-12/h1-3,5-6,13H,4,7-11H2,(H2,17,21)/t13-/m1/s1. The molecule has 1 aromatic rings. The number of rotatable bonds is 6. The van der Waals surface area contributed by atoms with Crippen molar-refractivity contribution in [2.45, 2.75) is 12.8 Å². The van der Waals surface area contributed by atoms with Crippen LogP contribution in [0.15, 0.2) is 30.3 Å². The van der Waals surface area contributed by atoms with E-state index in [-0.39, 0.29) is 35.0 Å². The van der Waals surface area contributed by atoms with Gasteiger partial charge in [0.1, 0.15) is 0 Å². The van der Waals surface area contributed by atoms with Crippen LogP contribution in [-0.4, -0.2) is 47.1 Å². The summed E-state index contributed by atoms with van der Waals surface area (Å²) in [7, 11) is 0. The molecule has 1 aromatic carbocycles. The van der Waals surface area contributed by atoms with Gasteiger partial charge in [0.25, 0.3) is 0 Å². The van der Waals surface area contributed by atoms with Crippen molar-refractivity contribution in [2.75, 3.05) is 24.6 Å². The SMILES string of the molecule is NC(=O)[C@@H]1CCCN(C(=O)CSCC(=O)c2ccccc2)C1. The van der Waals surface area contributed by atoms with E-state index in [1.807, 2.05) is 18.2 Å². The molecular weight excluding hydrogens is 300 g/mol. The largest absolute Gasteiger partial charge is 0.369 e. The molecule has 1 atom stereocenters. The molecule has 0 saturated carbocycles. The number of Topliss-reactive ketones (excluding diaryl/α,β-unsaturated/α-hetero) is 1. The number of thioether (sulfide) groups is 1. The molecule has 0 spiro atoms. The van der Waals surface area contributed by atoms with Crippen LogP contribution in [0.5, 0.6) is 0 Å². The predicted molar refractivity (Wildman–Crippen MR) is 86.6 cm³/mol. The highest BCUT2D eigenvalue weighted by molar-refractivity contribution is 8.00. The Hall–Kier alpha value is -1.82. The zero-order valence-electron chi connectivity index (χ0n) is 12.4. The van der Waals surface area contributed by atoms with Crippen LogP contribution in [0.3, 0.4) is 0 Å². The Labute approximate surface area is 134 Å². The lowest BCUT2D eigenvalue weighted by molar-refractivity contribution is -0.132. The van der Waals surface area contributed by atoms with Gasteiger partial charge in [0, 0.05) is 18.7 Å². The molecule has 22 heavy (non-hydrogen) atoms. The number of piperidine rings is 1. The van der Waals surface area contributed by atoms with Gasteiger partial charge in [-0.1, -0.05) is 30.3 Å². The highest BCUT2D eigenvalue weighted by atomic mass is 32.2. The lowest BCUT2D eigenvalue weighted by Crippen LogP contribution is -2.44. The maximum absolute atomic E-state index is 12.1. The van der Waals surface area contributed by atoms with Gasteiger partial charge in [0.05, 0.1) is 17.4 Å². The first-order valence-electron chi connectivity index (χ1n) is 7.31. The average Bonchev–Trinajstić information content (AvgIpc) is 2.55. The molecule has 2 N–H and O–H groups in total. The second-order valence-corrected chi connectivity index (χ2v) is 6.35. The summed E-state index contributed by atoms with van der Waals surface area (Å²) in [6, 6.07) is 9.04. The van der Waals surface area contributed by atoms with Crippen LogP contribution in [0, 0.1) is 5.92 Å². The van der Waals surface area contributed by atoms with E-state index in [2.05, 4.69) is 0 Å². The molecule has 1 aliphatic rings. The first-order chi connectivity index (χ1) is 10.6.